The van der Waals surface area contributed by atoms with E-state index in [1.54, 1.807) is 0 Å². The summed E-state index contributed by atoms with van der Waals surface area (Å²) in [5.41, 5.74) is 0.181. The summed E-state index contributed by atoms with van der Waals surface area (Å²) in [6.45, 7) is 18.1. The van der Waals surface area contributed by atoms with Crippen molar-refractivity contribution in [2.75, 3.05) is 20.7 Å². The average molecular weight is 241 g/mol. The Morgan fingerprint density at radius 2 is 1.65 bits per heavy atom. The minimum Gasteiger partial charge on any atom is -0.496 e. The van der Waals surface area contributed by atoms with Gasteiger partial charge in [0.05, 0.1) is 12.6 Å². The summed E-state index contributed by atoms with van der Waals surface area (Å²) in [4.78, 5) is 2.20. The van der Waals surface area contributed by atoms with Gasteiger partial charge in [-0.2, -0.15) is 0 Å². The summed E-state index contributed by atoms with van der Waals surface area (Å²) in [5.74, 6) is 2.06. The molecule has 0 aromatic carbocycles. The molecule has 17 heavy (non-hydrogen) atoms. The highest BCUT2D eigenvalue weighted by molar-refractivity contribution is 5.00. The average Bonchev–Trinajstić information content (AvgIpc) is 2.13. The predicted octanol–water partition coefficient (Wildman–Crippen LogP) is 3.79. The van der Waals surface area contributed by atoms with E-state index in [0.717, 1.165) is 12.4 Å². The van der Waals surface area contributed by atoms with Crippen LogP contribution in [0.25, 0.3) is 0 Å². The largest absolute Gasteiger partial charge is 0.496 e. The van der Waals surface area contributed by atoms with Crippen LogP contribution in [0.3, 0.4) is 0 Å². The Morgan fingerprint density at radius 1 is 1.18 bits per heavy atom. The van der Waals surface area contributed by atoms with E-state index in [0.29, 0.717) is 11.8 Å². The fourth-order valence-electron chi connectivity index (χ4n) is 1.81. The van der Waals surface area contributed by atoms with Crippen molar-refractivity contribution >= 4 is 0 Å². The van der Waals surface area contributed by atoms with Crippen molar-refractivity contribution in [1.82, 2.24) is 4.90 Å². The molecule has 0 aromatic heterocycles. The molecule has 0 saturated carbocycles. The Morgan fingerprint density at radius 3 is 1.94 bits per heavy atom. The molecule has 0 aromatic rings. The fraction of sp³-hybridized carbons (Fsp3) is 0.867. The van der Waals surface area contributed by atoms with Crippen LogP contribution in [0, 0.1) is 17.3 Å². The van der Waals surface area contributed by atoms with E-state index < -0.39 is 0 Å². The molecule has 0 aliphatic heterocycles. The van der Waals surface area contributed by atoms with Crippen molar-refractivity contribution in [3.05, 3.63) is 12.3 Å². The van der Waals surface area contributed by atoms with Gasteiger partial charge in [-0.3, -0.25) is 4.90 Å². The van der Waals surface area contributed by atoms with Gasteiger partial charge < -0.3 is 4.74 Å². The molecular formula is C15H31NO. The van der Waals surface area contributed by atoms with Crippen LogP contribution in [-0.4, -0.2) is 31.6 Å². The third-order valence-corrected chi connectivity index (χ3v) is 3.13. The van der Waals surface area contributed by atoms with Gasteiger partial charge in [0.1, 0.15) is 5.76 Å². The molecule has 2 atom stereocenters. The van der Waals surface area contributed by atoms with Crippen LogP contribution in [0.2, 0.25) is 0 Å². The highest BCUT2D eigenvalue weighted by atomic mass is 16.5. The number of ether oxygens (including phenoxy) is 1. The molecule has 0 N–H and O–H groups in total. The third kappa shape index (κ3) is 6.11. The topological polar surface area (TPSA) is 12.5 Å². The first-order chi connectivity index (χ1) is 7.56. The van der Waals surface area contributed by atoms with Gasteiger partial charge in [0, 0.05) is 0 Å². The normalized spacial score (nSPS) is 16.1. The molecule has 2 nitrogen and oxygen atoms in total. The summed E-state index contributed by atoms with van der Waals surface area (Å²) < 4.78 is 5.87. The third-order valence-electron chi connectivity index (χ3n) is 3.13. The van der Waals surface area contributed by atoms with Gasteiger partial charge in [-0.1, -0.05) is 48.1 Å². The molecule has 0 saturated heterocycles. The van der Waals surface area contributed by atoms with Crippen LogP contribution < -0.4 is 0 Å². The van der Waals surface area contributed by atoms with Crippen molar-refractivity contribution in [3.63, 3.8) is 0 Å². The summed E-state index contributed by atoms with van der Waals surface area (Å²) in [5, 5.41) is 0. The zero-order valence-corrected chi connectivity index (χ0v) is 13.0. The maximum absolute atomic E-state index is 5.87. The molecule has 0 spiro atoms. The second kappa shape index (κ2) is 6.44. The molecular weight excluding hydrogens is 210 g/mol. The van der Waals surface area contributed by atoms with Crippen molar-refractivity contribution in [2.45, 2.75) is 47.6 Å². The summed E-state index contributed by atoms with van der Waals surface area (Å²) in [7, 11) is 4.18. The minimum absolute atomic E-state index is 0.181. The van der Waals surface area contributed by atoms with Crippen LogP contribution >= 0.6 is 0 Å². The van der Waals surface area contributed by atoms with Crippen LogP contribution in [0.1, 0.15) is 41.5 Å². The van der Waals surface area contributed by atoms with Crippen LogP contribution in [0.4, 0.5) is 0 Å². The highest BCUT2D eigenvalue weighted by Gasteiger charge is 2.26. The van der Waals surface area contributed by atoms with Crippen LogP contribution in [0.15, 0.2) is 12.3 Å². The summed E-state index contributed by atoms with van der Waals surface area (Å²) in [6, 6.07) is 0.289. The molecule has 0 aliphatic rings. The standard InChI is InChI=1S/C15H31NO/c1-11(2)12(3)14(16(8)9)13(4)17-10-15(5,6)7/h11-12,14H,4,10H2,1-3,5-9H3. The van der Waals surface area contributed by atoms with E-state index in [-0.39, 0.29) is 11.5 Å². The van der Waals surface area contributed by atoms with Crippen molar-refractivity contribution in [3.8, 4) is 0 Å². The van der Waals surface area contributed by atoms with E-state index in [1.165, 1.54) is 0 Å². The van der Waals surface area contributed by atoms with Crippen molar-refractivity contribution in [2.24, 2.45) is 17.3 Å². The zero-order chi connectivity index (χ0) is 13.8. The lowest BCUT2D eigenvalue weighted by Gasteiger charge is -2.34. The lowest BCUT2D eigenvalue weighted by Crippen LogP contribution is -2.39. The Labute approximate surface area is 108 Å². The van der Waals surface area contributed by atoms with Gasteiger partial charge >= 0.3 is 0 Å². The molecule has 0 rings (SSSR count). The first-order valence-corrected chi connectivity index (χ1v) is 6.54. The van der Waals surface area contributed by atoms with Crippen LogP contribution in [0.5, 0.6) is 0 Å². The smallest absolute Gasteiger partial charge is 0.106 e. The number of rotatable bonds is 6. The summed E-state index contributed by atoms with van der Waals surface area (Å²) >= 11 is 0. The lowest BCUT2D eigenvalue weighted by atomic mass is 9.88. The predicted molar refractivity (Wildman–Crippen MR) is 76.0 cm³/mol. The van der Waals surface area contributed by atoms with Gasteiger partial charge in [0.15, 0.2) is 0 Å². The summed E-state index contributed by atoms with van der Waals surface area (Å²) in [6.07, 6.45) is 0. The quantitative estimate of drug-likeness (QED) is 0.656. The first-order valence-electron chi connectivity index (χ1n) is 6.54. The fourth-order valence-corrected chi connectivity index (χ4v) is 1.81. The maximum Gasteiger partial charge on any atom is 0.106 e. The molecule has 0 amide bonds. The SMILES string of the molecule is C=C(OCC(C)(C)C)C(C(C)C(C)C)N(C)C. The molecule has 0 aliphatic carbocycles. The van der Waals surface area contributed by atoms with E-state index >= 15 is 0 Å². The first kappa shape index (κ1) is 16.5. The highest BCUT2D eigenvalue weighted by Crippen LogP contribution is 2.25. The second-order valence-corrected chi connectivity index (χ2v) is 6.83. The number of likely N-dealkylation sites (N-methyl/N-ethyl adjacent to an activating group) is 1. The minimum atomic E-state index is 0.181. The van der Waals surface area contributed by atoms with Gasteiger partial charge in [-0.25, -0.2) is 0 Å². The van der Waals surface area contributed by atoms with E-state index in [1.807, 2.05) is 0 Å². The van der Waals surface area contributed by atoms with E-state index in [4.69, 9.17) is 4.74 Å². The maximum atomic E-state index is 5.87. The molecule has 2 unspecified atom stereocenters. The van der Waals surface area contributed by atoms with E-state index in [9.17, 15) is 0 Å². The Kier molecular flexibility index (Phi) is 6.25. The number of nitrogens with zero attached hydrogens (tertiary/aromatic N) is 1. The van der Waals surface area contributed by atoms with Gasteiger partial charge in [0.2, 0.25) is 0 Å². The Hall–Kier alpha value is -0.500. The van der Waals surface area contributed by atoms with Crippen molar-refractivity contribution < 1.29 is 4.74 Å². The van der Waals surface area contributed by atoms with E-state index in [2.05, 4.69) is 67.1 Å². The number of hydrogen-bond acceptors (Lipinski definition) is 2. The number of hydrogen-bond donors (Lipinski definition) is 0. The van der Waals surface area contributed by atoms with Gasteiger partial charge in [-0.15, -0.1) is 0 Å². The molecule has 0 bridgehead atoms. The molecule has 0 fully saturated rings. The van der Waals surface area contributed by atoms with Crippen molar-refractivity contribution in [1.29, 1.82) is 0 Å². The Bertz CT molecular complexity index is 238. The monoisotopic (exact) mass is 241 g/mol. The van der Waals surface area contributed by atoms with Crippen LogP contribution in [-0.2, 0) is 4.74 Å². The molecule has 102 valence electrons. The van der Waals surface area contributed by atoms with Gasteiger partial charge in [-0.05, 0) is 31.3 Å². The Balaban J connectivity index is 4.57. The second-order valence-electron chi connectivity index (χ2n) is 6.83. The molecule has 0 heterocycles. The van der Waals surface area contributed by atoms with Gasteiger partial charge in [0.25, 0.3) is 0 Å². The zero-order valence-electron chi connectivity index (χ0n) is 13.0. The lowest BCUT2D eigenvalue weighted by molar-refractivity contribution is 0.0731. The molecule has 0 radical (unpaired) electrons. The molecule has 2 heteroatoms.